The highest BCUT2D eigenvalue weighted by atomic mass is 16.2. The van der Waals surface area contributed by atoms with Gasteiger partial charge in [-0.05, 0) is 33.7 Å². The minimum Gasteiger partial charge on any atom is -0.342 e. The van der Waals surface area contributed by atoms with E-state index in [1.807, 2.05) is 25.8 Å². The Morgan fingerprint density at radius 2 is 1.61 bits per heavy atom. The second-order valence-corrected chi connectivity index (χ2v) is 5.19. The van der Waals surface area contributed by atoms with Crippen LogP contribution in [0.4, 0.5) is 0 Å². The average Bonchev–Trinajstić information content (AvgIpc) is 2.83. The van der Waals surface area contributed by atoms with Gasteiger partial charge in [0.25, 0.3) is 0 Å². The third-order valence-electron chi connectivity index (χ3n) is 3.76. The van der Waals surface area contributed by atoms with Gasteiger partial charge in [-0.1, -0.05) is 12.8 Å². The Morgan fingerprint density at radius 3 is 2.11 bits per heavy atom. The molecule has 0 unspecified atom stereocenters. The summed E-state index contributed by atoms with van der Waals surface area (Å²) >= 11 is 0. The summed E-state index contributed by atoms with van der Waals surface area (Å²) in [5.74, 6) is 0.667. The molecule has 4 heteroatoms. The van der Waals surface area contributed by atoms with Crippen LogP contribution in [0.1, 0.15) is 39.5 Å². The largest absolute Gasteiger partial charge is 0.342 e. The van der Waals surface area contributed by atoms with E-state index in [1.165, 1.54) is 12.8 Å². The molecule has 0 aromatic carbocycles. The Bertz CT molecular complexity index is 266. The zero-order valence-electron chi connectivity index (χ0n) is 11.9. The van der Waals surface area contributed by atoms with Gasteiger partial charge in [-0.15, -0.1) is 0 Å². The monoisotopic (exact) mass is 254 g/mol. The number of hydrogen-bond acceptors (Lipinski definition) is 3. The summed E-state index contributed by atoms with van der Waals surface area (Å²) in [5.41, 5.74) is 0. The van der Waals surface area contributed by atoms with Crippen LogP contribution in [-0.2, 0) is 9.59 Å². The minimum atomic E-state index is 0.113. The van der Waals surface area contributed by atoms with Gasteiger partial charge < -0.3 is 4.90 Å². The number of ketones is 1. The van der Waals surface area contributed by atoms with Crippen LogP contribution in [0.15, 0.2) is 0 Å². The van der Waals surface area contributed by atoms with Crippen molar-refractivity contribution in [3.8, 4) is 0 Å². The first-order valence-electron chi connectivity index (χ1n) is 7.07. The highest BCUT2D eigenvalue weighted by Gasteiger charge is 2.24. The van der Waals surface area contributed by atoms with E-state index in [1.54, 1.807) is 4.90 Å². The molecule has 0 aromatic rings. The van der Waals surface area contributed by atoms with Gasteiger partial charge in [0.15, 0.2) is 0 Å². The lowest BCUT2D eigenvalue weighted by molar-refractivity contribution is -0.132. The topological polar surface area (TPSA) is 40.6 Å². The number of nitrogens with zero attached hydrogens (tertiary/aromatic N) is 2. The Morgan fingerprint density at radius 1 is 1.06 bits per heavy atom. The van der Waals surface area contributed by atoms with Gasteiger partial charge in [-0.3, -0.25) is 14.5 Å². The van der Waals surface area contributed by atoms with Crippen molar-refractivity contribution in [2.45, 2.75) is 39.5 Å². The van der Waals surface area contributed by atoms with Crippen LogP contribution in [-0.4, -0.2) is 54.7 Å². The molecule has 1 fully saturated rings. The fraction of sp³-hybridized carbons (Fsp3) is 0.857. The first-order valence-corrected chi connectivity index (χ1v) is 7.07. The molecule has 0 saturated heterocycles. The fourth-order valence-corrected chi connectivity index (χ4v) is 2.61. The van der Waals surface area contributed by atoms with Gasteiger partial charge >= 0.3 is 0 Å². The van der Waals surface area contributed by atoms with E-state index in [4.69, 9.17) is 0 Å². The van der Waals surface area contributed by atoms with Crippen LogP contribution >= 0.6 is 0 Å². The van der Waals surface area contributed by atoms with Crippen LogP contribution in [0.2, 0.25) is 0 Å². The Labute approximate surface area is 110 Å². The van der Waals surface area contributed by atoms with Gasteiger partial charge in [-0.25, -0.2) is 0 Å². The number of amides is 1. The quantitative estimate of drug-likeness (QED) is 0.692. The number of likely N-dealkylation sites (N-methyl/N-ethyl adjacent to an activating group) is 2. The standard InChI is InChI=1S/C14H26N2O2/c1-4-16(5-2)14(18)11-15(3)10-13(17)12-8-6-7-9-12/h12H,4-11H2,1-3H3. The zero-order chi connectivity index (χ0) is 13.5. The molecule has 0 atom stereocenters. The van der Waals surface area contributed by atoms with Crippen molar-refractivity contribution in [1.29, 1.82) is 0 Å². The van der Waals surface area contributed by atoms with Gasteiger partial charge in [-0.2, -0.15) is 0 Å². The second kappa shape index (κ2) is 7.52. The molecule has 0 heterocycles. The molecule has 0 aromatic heterocycles. The van der Waals surface area contributed by atoms with Crippen LogP contribution in [0.25, 0.3) is 0 Å². The van der Waals surface area contributed by atoms with E-state index in [2.05, 4.69) is 0 Å². The smallest absolute Gasteiger partial charge is 0.236 e. The molecule has 1 rings (SSSR count). The molecule has 104 valence electrons. The molecule has 0 radical (unpaired) electrons. The predicted molar refractivity (Wildman–Crippen MR) is 72.4 cm³/mol. The Hall–Kier alpha value is -0.900. The van der Waals surface area contributed by atoms with Gasteiger partial charge in [0.2, 0.25) is 5.91 Å². The molecule has 0 spiro atoms. The number of carbonyl (C=O) groups is 2. The molecule has 1 aliphatic rings. The molecule has 0 aliphatic heterocycles. The fourth-order valence-electron chi connectivity index (χ4n) is 2.61. The normalized spacial score (nSPS) is 16.2. The summed E-state index contributed by atoms with van der Waals surface area (Å²) < 4.78 is 0. The van der Waals surface area contributed by atoms with E-state index in [9.17, 15) is 9.59 Å². The summed E-state index contributed by atoms with van der Waals surface area (Å²) in [6.07, 6.45) is 4.43. The number of Topliss-reactive ketones (excluding diaryl/α,β-unsaturated/α-hetero) is 1. The lowest BCUT2D eigenvalue weighted by atomic mass is 10.0. The highest BCUT2D eigenvalue weighted by molar-refractivity contribution is 5.84. The van der Waals surface area contributed by atoms with Crippen molar-refractivity contribution in [3.63, 3.8) is 0 Å². The van der Waals surface area contributed by atoms with Crippen LogP contribution in [0.3, 0.4) is 0 Å². The number of carbonyl (C=O) groups excluding carboxylic acids is 2. The highest BCUT2D eigenvalue weighted by Crippen LogP contribution is 2.25. The van der Waals surface area contributed by atoms with Crippen molar-refractivity contribution in [1.82, 2.24) is 9.80 Å². The molecule has 1 saturated carbocycles. The predicted octanol–water partition coefficient (Wildman–Crippen LogP) is 1.55. The third-order valence-corrected chi connectivity index (χ3v) is 3.76. The zero-order valence-corrected chi connectivity index (χ0v) is 11.9. The van der Waals surface area contributed by atoms with Gasteiger partial charge in [0.05, 0.1) is 13.1 Å². The van der Waals surface area contributed by atoms with Crippen LogP contribution < -0.4 is 0 Å². The number of hydrogen-bond donors (Lipinski definition) is 0. The third kappa shape index (κ3) is 4.41. The second-order valence-electron chi connectivity index (χ2n) is 5.19. The van der Waals surface area contributed by atoms with Crippen LogP contribution in [0, 0.1) is 5.92 Å². The average molecular weight is 254 g/mol. The van der Waals surface area contributed by atoms with E-state index < -0.39 is 0 Å². The van der Waals surface area contributed by atoms with Gasteiger partial charge in [0.1, 0.15) is 5.78 Å². The maximum Gasteiger partial charge on any atom is 0.236 e. The lowest BCUT2D eigenvalue weighted by Crippen LogP contribution is -2.41. The summed E-state index contributed by atoms with van der Waals surface area (Å²) in [7, 11) is 1.86. The van der Waals surface area contributed by atoms with Crippen molar-refractivity contribution in [2.24, 2.45) is 5.92 Å². The van der Waals surface area contributed by atoms with E-state index in [0.29, 0.717) is 18.9 Å². The maximum absolute atomic E-state index is 12.0. The molecule has 18 heavy (non-hydrogen) atoms. The molecule has 0 bridgehead atoms. The molecular formula is C14H26N2O2. The summed E-state index contributed by atoms with van der Waals surface area (Å²) in [6.45, 7) is 6.19. The minimum absolute atomic E-state index is 0.113. The SMILES string of the molecule is CCN(CC)C(=O)CN(C)CC(=O)C1CCCC1. The van der Waals surface area contributed by atoms with E-state index in [0.717, 1.165) is 25.9 Å². The molecular weight excluding hydrogens is 228 g/mol. The molecule has 1 aliphatic carbocycles. The van der Waals surface area contributed by atoms with Crippen molar-refractivity contribution < 1.29 is 9.59 Å². The molecule has 1 amide bonds. The van der Waals surface area contributed by atoms with E-state index in [-0.39, 0.29) is 11.8 Å². The first kappa shape index (κ1) is 15.2. The van der Waals surface area contributed by atoms with Crippen molar-refractivity contribution in [2.75, 3.05) is 33.2 Å². The molecule has 0 N–H and O–H groups in total. The van der Waals surface area contributed by atoms with Crippen molar-refractivity contribution in [3.05, 3.63) is 0 Å². The number of rotatable bonds is 7. The van der Waals surface area contributed by atoms with Crippen LogP contribution in [0.5, 0.6) is 0 Å². The van der Waals surface area contributed by atoms with Gasteiger partial charge in [0, 0.05) is 19.0 Å². The summed E-state index contributed by atoms with van der Waals surface area (Å²) in [5, 5.41) is 0. The Balaban J connectivity index is 2.33. The lowest BCUT2D eigenvalue weighted by Gasteiger charge is -2.23. The maximum atomic E-state index is 12.0. The Kier molecular flexibility index (Phi) is 6.33. The van der Waals surface area contributed by atoms with E-state index >= 15 is 0 Å². The summed E-state index contributed by atoms with van der Waals surface area (Å²) in [4.78, 5) is 27.5. The first-order chi connectivity index (χ1) is 8.58. The molecule has 4 nitrogen and oxygen atoms in total. The van der Waals surface area contributed by atoms with Crippen molar-refractivity contribution >= 4 is 11.7 Å². The summed E-state index contributed by atoms with van der Waals surface area (Å²) in [6, 6.07) is 0.